The molecule has 0 saturated carbocycles. The van der Waals surface area contributed by atoms with E-state index < -0.39 is 0 Å². The molecular weight excluding hydrogens is 400 g/mol. The normalized spacial score (nSPS) is 12.8. The highest BCUT2D eigenvalue weighted by Gasteiger charge is 2.26. The molecule has 6 heteroatoms. The summed E-state index contributed by atoms with van der Waals surface area (Å²) in [6.45, 7) is 14.6. The lowest BCUT2D eigenvalue weighted by Gasteiger charge is -2.30. The van der Waals surface area contributed by atoms with Crippen LogP contribution < -0.4 is 16.0 Å². The molecule has 0 aliphatic carbocycles. The van der Waals surface area contributed by atoms with Crippen molar-refractivity contribution in [3.05, 3.63) is 48.2 Å². The van der Waals surface area contributed by atoms with Gasteiger partial charge in [0.1, 0.15) is 6.04 Å². The Morgan fingerprint density at radius 1 is 1.06 bits per heavy atom. The Morgan fingerprint density at radius 2 is 1.75 bits per heavy atom. The molecule has 0 aromatic heterocycles. The Bertz CT molecular complexity index is 690. The van der Waals surface area contributed by atoms with Gasteiger partial charge in [0.25, 0.3) is 0 Å². The maximum Gasteiger partial charge on any atom is 0.245 e. The molecule has 0 saturated heterocycles. The number of nitrogens with one attached hydrogen (secondary N) is 3. The lowest BCUT2D eigenvalue weighted by atomic mass is 10.0. The molecule has 2 atom stereocenters. The van der Waals surface area contributed by atoms with E-state index in [-0.39, 0.29) is 29.8 Å². The number of rotatable bonds is 16. The van der Waals surface area contributed by atoms with E-state index in [1.165, 1.54) is 0 Å². The van der Waals surface area contributed by atoms with E-state index in [2.05, 4.69) is 50.2 Å². The topological polar surface area (TPSA) is 73.5 Å². The van der Waals surface area contributed by atoms with Crippen LogP contribution in [0.4, 0.5) is 0 Å². The molecule has 0 aliphatic rings. The molecule has 3 N–H and O–H groups in total. The van der Waals surface area contributed by atoms with Crippen LogP contribution in [0.5, 0.6) is 0 Å². The van der Waals surface area contributed by atoms with Gasteiger partial charge in [-0.3, -0.25) is 9.59 Å². The molecule has 0 fully saturated rings. The molecular formula is C26H44N4O2. The summed E-state index contributed by atoms with van der Waals surface area (Å²) >= 11 is 0. The summed E-state index contributed by atoms with van der Waals surface area (Å²) in [4.78, 5) is 26.8. The summed E-state index contributed by atoms with van der Waals surface area (Å²) < 4.78 is 0. The molecule has 0 unspecified atom stereocenters. The summed E-state index contributed by atoms with van der Waals surface area (Å²) in [6.07, 6.45) is 4.20. The van der Waals surface area contributed by atoms with Crippen LogP contribution in [-0.2, 0) is 16.1 Å². The van der Waals surface area contributed by atoms with E-state index in [0.29, 0.717) is 19.5 Å². The maximum absolute atomic E-state index is 13.0. The number of amides is 2. The maximum atomic E-state index is 13.0. The second kappa shape index (κ2) is 15.5. The first-order chi connectivity index (χ1) is 15.3. The summed E-state index contributed by atoms with van der Waals surface area (Å²) in [5.41, 5.74) is 1.95. The largest absolute Gasteiger partial charge is 0.376 e. The minimum atomic E-state index is -0.290. The highest BCUT2D eigenvalue weighted by atomic mass is 16.2. The Kier molecular flexibility index (Phi) is 13.4. The van der Waals surface area contributed by atoms with E-state index in [0.717, 1.165) is 43.5 Å². The first-order valence-electron chi connectivity index (χ1n) is 12.0. The van der Waals surface area contributed by atoms with Crippen LogP contribution >= 0.6 is 0 Å². The third-order valence-corrected chi connectivity index (χ3v) is 5.60. The molecule has 32 heavy (non-hydrogen) atoms. The van der Waals surface area contributed by atoms with Crippen LogP contribution in [0.25, 0.3) is 0 Å². The minimum Gasteiger partial charge on any atom is -0.376 e. The summed E-state index contributed by atoms with van der Waals surface area (Å²) in [5.74, 6) is 0.324. The van der Waals surface area contributed by atoms with E-state index in [1.807, 2.05) is 37.4 Å². The van der Waals surface area contributed by atoms with Crippen molar-refractivity contribution in [2.24, 2.45) is 5.92 Å². The van der Waals surface area contributed by atoms with Gasteiger partial charge in [0, 0.05) is 38.3 Å². The van der Waals surface area contributed by atoms with Crippen LogP contribution in [-0.4, -0.2) is 48.9 Å². The van der Waals surface area contributed by atoms with Crippen molar-refractivity contribution in [1.29, 1.82) is 0 Å². The van der Waals surface area contributed by atoms with Gasteiger partial charge in [0.05, 0.1) is 0 Å². The Balaban J connectivity index is 2.31. The van der Waals surface area contributed by atoms with Crippen molar-refractivity contribution in [2.75, 3.05) is 20.1 Å². The molecule has 2 amide bonds. The van der Waals surface area contributed by atoms with Crippen LogP contribution in [0.3, 0.4) is 0 Å². The van der Waals surface area contributed by atoms with E-state index >= 15 is 0 Å². The second-order valence-corrected chi connectivity index (χ2v) is 8.90. The number of hydrogen-bond acceptors (Lipinski definition) is 4. The van der Waals surface area contributed by atoms with Gasteiger partial charge in [-0.05, 0) is 44.2 Å². The third-order valence-electron chi connectivity index (χ3n) is 5.60. The lowest BCUT2D eigenvalue weighted by Crippen LogP contribution is -2.50. The lowest BCUT2D eigenvalue weighted by molar-refractivity contribution is -0.133. The molecule has 6 nitrogen and oxygen atoms in total. The van der Waals surface area contributed by atoms with Gasteiger partial charge in [-0.25, -0.2) is 0 Å². The van der Waals surface area contributed by atoms with Gasteiger partial charge < -0.3 is 20.9 Å². The second-order valence-electron chi connectivity index (χ2n) is 8.90. The van der Waals surface area contributed by atoms with E-state index in [1.54, 1.807) is 4.90 Å². The number of carbonyl (C=O) groups excluding carboxylic acids is 2. The summed E-state index contributed by atoms with van der Waals surface area (Å²) in [5, 5.41) is 9.71. The molecule has 0 spiro atoms. The molecule has 0 aliphatic heterocycles. The van der Waals surface area contributed by atoms with Crippen LogP contribution in [0.2, 0.25) is 0 Å². The third kappa shape index (κ3) is 10.8. The number of nitrogens with zero attached hydrogens (tertiary/aromatic N) is 1. The first kappa shape index (κ1) is 27.7. The van der Waals surface area contributed by atoms with Crippen molar-refractivity contribution in [3.63, 3.8) is 0 Å². The predicted molar refractivity (Wildman–Crippen MR) is 133 cm³/mol. The van der Waals surface area contributed by atoms with Gasteiger partial charge in [-0.2, -0.15) is 0 Å². The fraction of sp³-hybridized carbons (Fsp3) is 0.615. The van der Waals surface area contributed by atoms with Gasteiger partial charge in [-0.1, -0.05) is 64.1 Å². The molecule has 0 radical (unpaired) electrons. The van der Waals surface area contributed by atoms with E-state index in [9.17, 15) is 9.59 Å². The number of likely N-dealkylation sites (N-methyl/N-ethyl adjacent to an activating group) is 1. The van der Waals surface area contributed by atoms with Gasteiger partial charge in [0.15, 0.2) is 0 Å². The van der Waals surface area contributed by atoms with Gasteiger partial charge in [0.2, 0.25) is 11.8 Å². The fourth-order valence-corrected chi connectivity index (χ4v) is 3.37. The van der Waals surface area contributed by atoms with Crippen molar-refractivity contribution in [3.8, 4) is 0 Å². The van der Waals surface area contributed by atoms with Crippen molar-refractivity contribution >= 4 is 11.8 Å². The fourth-order valence-electron chi connectivity index (χ4n) is 3.37. The van der Waals surface area contributed by atoms with Crippen molar-refractivity contribution < 1.29 is 9.59 Å². The van der Waals surface area contributed by atoms with Crippen molar-refractivity contribution in [1.82, 2.24) is 20.9 Å². The van der Waals surface area contributed by atoms with E-state index in [4.69, 9.17) is 0 Å². The molecule has 180 valence electrons. The summed E-state index contributed by atoms with van der Waals surface area (Å²) in [6, 6.07) is 9.74. The Morgan fingerprint density at radius 3 is 2.38 bits per heavy atom. The minimum absolute atomic E-state index is 0.0756. The van der Waals surface area contributed by atoms with Gasteiger partial charge >= 0.3 is 0 Å². The van der Waals surface area contributed by atoms with Crippen LogP contribution in [0, 0.1) is 5.92 Å². The molecule has 0 heterocycles. The molecule has 1 rings (SSSR count). The number of benzene rings is 1. The van der Waals surface area contributed by atoms with Crippen LogP contribution in [0.15, 0.2) is 42.6 Å². The quantitative estimate of drug-likeness (QED) is 0.339. The highest BCUT2D eigenvalue weighted by Crippen LogP contribution is 2.10. The predicted octanol–water partition coefficient (Wildman–Crippen LogP) is 3.84. The number of carbonyl (C=O) groups is 2. The first-order valence-corrected chi connectivity index (χ1v) is 12.0. The number of unbranched alkanes of at least 4 members (excludes halogenated alkanes) is 2. The SMILES string of the molecule is C=C(N[C@H](C(=O)N(C)CCCCCC(=O)NCc1ccccc1)C(C)C)[C@H](C)NCCC. The number of hydrogen-bond donors (Lipinski definition) is 3. The molecule has 0 bridgehead atoms. The van der Waals surface area contributed by atoms with Gasteiger partial charge in [-0.15, -0.1) is 0 Å². The Labute approximate surface area is 195 Å². The monoisotopic (exact) mass is 444 g/mol. The molecule has 1 aromatic rings. The average molecular weight is 445 g/mol. The zero-order valence-electron chi connectivity index (χ0n) is 20.7. The average Bonchev–Trinajstić information content (AvgIpc) is 2.78. The molecule has 1 aromatic carbocycles. The zero-order valence-corrected chi connectivity index (χ0v) is 20.7. The standard InChI is InChI=1S/C26H44N4O2/c1-7-17-27-21(4)22(5)29-25(20(2)3)26(32)30(6)18-13-9-12-16-24(31)28-19-23-14-10-8-11-15-23/h8,10-11,14-15,20-21,25,27,29H,5,7,9,12-13,16-19H2,1-4,6H3,(H,28,31)/t21-,25-/m0/s1. The summed E-state index contributed by atoms with van der Waals surface area (Å²) in [7, 11) is 1.85. The van der Waals surface area contributed by atoms with Crippen molar-refractivity contribution in [2.45, 2.75) is 78.4 Å². The smallest absolute Gasteiger partial charge is 0.245 e. The van der Waals surface area contributed by atoms with Crippen LogP contribution in [0.1, 0.15) is 65.4 Å². The zero-order chi connectivity index (χ0) is 23.9. The highest BCUT2D eigenvalue weighted by molar-refractivity contribution is 5.82. The Hall–Kier alpha value is -2.34.